The third kappa shape index (κ3) is 7.41. The van der Waals surface area contributed by atoms with Crippen LogP contribution in [0, 0.1) is 0 Å². The number of rotatable bonds is 8. The number of hydrogen-bond acceptors (Lipinski definition) is 3. The van der Waals surface area contributed by atoms with Gasteiger partial charge in [0.25, 0.3) is 0 Å². The van der Waals surface area contributed by atoms with E-state index in [4.69, 9.17) is 4.74 Å². The zero-order valence-electron chi connectivity index (χ0n) is 11.9. The second kappa shape index (κ2) is 9.83. The lowest BCUT2D eigenvalue weighted by molar-refractivity contribution is -0.121. The largest absolute Gasteiger partial charge is 0.450 e. The molecule has 0 bridgehead atoms. The summed E-state index contributed by atoms with van der Waals surface area (Å²) in [5.74, 6) is 0.00610. The molecule has 0 atom stereocenters. The van der Waals surface area contributed by atoms with Crippen LogP contribution < -0.4 is 10.6 Å². The van der Waals surface area contributed by atoms with Crippen LogP contribution in [-0.2, 0) is 16.0 Å². The van der Waals surface area contributed by atoms with Gasteiger partial charge in [-0.1, -0.05) is 30.3 Å². The monoisotopic (exact) mass is 282 g/mol. The van der Waals surface area contributed by atoms with Crippen molar-refractivity contribution in [1.82, 2.24) is 10.6 Å². The van der Waals surface area contributed by atoms with E-state index < -0.39 is 6.09 Å². The second-order valence-electron chi connectivity index (χ2n) is 4.34. The molecule has 0 heterocycles. The van der Waals surface area contributed by atoms with E-state index in [9.17, 15) is 9.59 Å². The van der Waals surface area contributed by atoms with Gasteiger partial charge >= 0.3 is 6.09 Å². The Bertz CT molecular complexity index is 417. The first-order chi connectivity index (χ1) is 9.72. The van der Waals surface area contributed by atoms with Gasteiger partial charge in [0.15, 0.2) is 0 Å². The highest BCUT2D eigenvalue weighted by atomic mass is 16.5. The van der Waals surface area contributed by atoms with Crippen molar-refractivity contribution in [2.75, 3.05) is 19.7 Å². The van der Waals surface area contributed by atoms with Gasteiger partial charge in [0.2, 0.25) is 5.91 Å². The topological polar surface area (TPSA) is 67.4 Å². The van der Waals surface area contributed by atoms with E-state index in [1.165, 1.54) is 5.56 Å². The molecule has 0 spiro atoms. The van der Waals surface area contributed by atoms with Gasteiger partial charge < -0.3 is 15.4 Å². The average Bonchev–Trinajstić information content (AvgIpc) is 2.45. The third-order valence-electron chi connectivity index (χ3n) is 2.70. The molecule has 0 aliphatic rings. The maximum absolute atomic E-state index is 11.5. The predicted molar refractivity (Wildman–Crippen MR) is 81.6 cm³/mol. The first-order valence-electron chi connectivity index (χ1n) is 6.93. The van der Waals surface area contributed by atoms with Crippen molar-refractivity contribution in [3.63, 3.8) is 0 Å². The highest BCUT2D eigenvalue weighted by Crippen LogP contribution is 1.98. The van der Waals surface area contributed by atoms with Gasteiger partial charge in [0.05, 0.1) is 6.61 Å². The second-order valence-corrected chi connectivity index (χ2v) is 4.34. The van der Waals surface area contributed by atoms with E-state index in [2.05, 4.69) is 10.6 Å². The molecule has 2 N–H and O–H groups in total. The minimum Gasteiger partial charge on any atom is -0.450 e. The van der Waals surface area contributed by atoms with Crippen LogP contribution in [0.25, 0.3) is 0 Å². The van der Waals surface area contributed by atoms with Crippen molar-refractivity contribution in [2.45, 2.75) is 26.2 Å². The standard InChI is InChI=1S/C15H22N2O3.2H2/c1-2-20-15(19)17-11-6-9-14(18)16-12-10-13-7-4-3-5-8-13;;/h3-5,7-8H,2,6,9-12H2,1H3,(H,16,18)(H,17,19);2*1H. The Morgan fingerprint density at radius 2 is 1.90 bits per heavy atom. The van der Waals surface area contributed by atoms with Gasteiger partial charge in [-0.25, -0.2) is 4.79 Å². The van der Waals surface area contributed by atoms with Crippen LogP contribution >= 0.6 is 0 Å². The molecular formula is C15H26N2O3. The zero-order chi connectivity index (χ0) is 14.6. The molecule has 0 radical (unpaired) electrons. The summed E-state index contributed by atoms with van der Waals surface area (Å²) in [5, 5.41) is 5.44. The molecule has 0 fully saturated rings. The van der Waals surface area contributed by atoms with Gasteiger partial charge in [-0.15, -0.1) is 0 Å². The number of carbonyl (C=O) groups is 2. The van der Waals surface area contributed by atoms with Crippen LogP contribution in [0.1, 0.15) is 28.2 Å². The molecule has 2 amide bonds. The first-order valence-corrected chi connectivity index (χ1v) is 6.93. The summed E-state index contributed by atoms with van der Waals surface area (Å²) in [7, 11) is 0. The molecule has 1 rings (SSSR count). The molecule has 114 valence electrons. The molecule has 5 nitrogen and oxygen atoms in total. The molecule has 0 aliphatic heterocycles. The van der Waals surface area contributed by atoms with E-state index in [0.29, 0.717) is 32.5 Å². The lowest BCUT2D eigenvalue weighted by atomic mass is 10.1. The van der Waals surface area contributed by atoms with Crippen LogP contribution in [0.5, 0.6) is 0 Å². The van der Waals surface area contributed by atoms with Crippen molar-refractivity contribution in [3.8, 4) is 0 Å². The molecule has 1 aromatic rings. The molecular weight excluding hydrogens is 256 g/mol. The molecule has 20 heavy (non-hydrogen) atoms. The van der Waals surface area contributed by atoms with Gasteiger partial charge in [-0.3, -0.25) is 4.79 Å². The number of nitrogens with one attached hydrogen (secondary N) is 2. The minimum absolute atomic E-state index is 0. The summed E-state index contributed by atoms with van der Waals surface area (Å²) in [6.07, 6.45) is 1.40. The van der Waals surface area contributed by atoms with Crippen LogP contribution in [0.3, 0.4) is 0 Å². The van der Waals surface area contributed by atoms with Crippen LogP contribution in [0.2, 0.25) is 0 Å². The number of ether oxygens (including phenoxy) is 1. The molecule has 0 aliphatic carbocycles. The number of hydrogen-bond donors (Lipinski definition) is 2. The molecule has 5 heteroatoms. The van der Waals surface area contributed by atoms with Crippen LogP contribution in [0.15, 0.2) is 30.3 Å². The van der Waals surface area contributed by atoms with E-state index in [0.717, 1.165) is 6.42 Å². The lowest BCUT2D eigenvalue weighted by Crippen LogP contribution is -2.28. The van der Waals surface area contributed by atoms with Crippen LogP contribution in [-0.4, -0.2) is 31.7 Å². The number of alkyl carbamates (subject to hydrolysis) is 1. The quantitative estimate of drug-likeness (QED) is 0.719. The maximum atomic E-state index is 11.5. The molecule has 0 unspecified atom stereocenters. The van der Waals surface area contributed by atoms with Crippen molar-refractivity contribution in [1.29, 1.82) is 0 Å². The summed E-state index contributed by atoms with van der Waals surface area (Å²) in [4.78, 5) is 22.5. The lowest BCUT2D eigenvalue weighted by Gasteiger charge is -2.06. The average molecular weight is 282 g/mol. The Morgan fingerprint density at radius 3 is 2.60 bits per heavy atom. The Labute approximate surface area is 122 Å². The van der Waals surface area contributed by atoms with Crippen molar-refractivity contribution in [3.05, 3.63) is 35.9 Å². The molecule has 0 saturated heterocycles. The van der Waals surface area contributed by atoms with Gasteiger partial charge in [0.1, 0.15) is 0 Å². The molecule has 1 aromatic carbocycles. The van der Waals surface area contributed by atoms with Crippen molar-refractivity contribution < 1.29 is 17.2 Å². The normalized spacial score (nSPS) is 9.85. The minimum atomic E-state index is -0.433. The maximum Gasteiger partial charge on any atom is 0.407 e. The highest BCUT2D eigenvalue weighted by molar-refractivity contribution is 5.75. The Hall–Kier alpha value is -2.04. The van der Waals surface area contributed by atoms with Gasteiger partial charge in [0, 0.05) is 22.4 Å². The van der Waals surface area contributed by atoms with E-state index in [-0.39, 0.29) is 8.76 Å². The summed E-state index contributed by atoms with van der Waals surface area (Å²) < 4.78 is 4.71. The number of amides is 2. The summed E-state index contributed by atoms with van der Waals surface area (Å²) in [6, 6.07) is 10.0. The highest BCUT2D eigenvalue weighted by Gasteiger charge is 2.02. The Balaban J connectivity index is 0. The SMILES string of the molecule is CCOC(=O)NCCCC(=O)NCCc1ccccc1.[HH].[HH]. The number of benzene rings is 1. The first kappa shape index (κ1) is 16.0. The van der Waals surface area contributed by atoms with E-state index >= 15 is 0 Å². The molecule has 0 aromatic heterocycles. The van der Waals surface area contributed by atoms with Crippen molar-refractivity contribution >= 4 is 12.0 Å². The van der Waals surface area contributed by atoms with E-state index in [1.54, 1.807) is 6.92 Å². The number of carbonyl (C=O) groups excluding carboxylic acids is 2. The summed E-state index contributed by atoms with van der Waals surface area (Å²) >= 11 is 0. The Morgan fingerprint density at radius 1 is 1.15 bits per heavy atom. The van der Waals surface area contributed by atoms with Crippen LogP contribution in [0.4, 0.5) is 4.79 Å². The van der Waals surface area contributed by atoms with Gasteiger partial charge in [-0.05, 0) is 25.3 Å². The molecule has 0 saturated carbocycles. The summed E-state index contributed by atoms with van der Waals surface area (Å²) in [5.41, 5.74) is 1.21. The van der Waals surface area contributed by atoms with Crippen molar-refractivity contribution in [2.24, 2.45) is 0 Å². The third-order valence-corrected chi connectivity index (χ3v) is 2.70. The fourth-order valence-corrected chi connectivity index (χ4v) is 1.70. The smallest absolute Gasteiger partial charge is 0.407 e. The fourth-order valence-electron chi connectivity index (χ4n) is 1.70. The summed E-state index contributed by atoms with van der Waals surface area (Å²) in [6.45, 7) is 3.19. The van der Waals surface area contributed by atoms with Gasteiger partial charge in [-0.2, -0.15) is 0 Å². The zero-order valence-corrected chi connectivity index (χ0v) is 11.9. The predicted octanol–water partition coefficient (Wildman–Crippen LogP) is 2.36. The fraction of sp³-hybridized carbons (Fsp3) is 0.467. The Kier molecular flexibility index (Phi) is 7.87. The van der Waals surface area contributed by atoms with E-state index in [1.807, 2.05) is 30.3 Å².